The van der Waals surface area contributed by atoms with E-state index < -0.39 is 0 Å². The van der Waals surface area contributed by atoms with E-state index in [0.717, 1.165) is 23.3 Å². The van der Waals surface area contributed by atoms with Gasteiger partial charge in [0.2, 0.25) is 0 Å². The number of nitrogens with one attached hydrogen (secondary N) is 1. The van der Waals surface area contributed by atoms with Crippen LogP contribution in [0.15, 0.2) is 48.5 Å². The fourth-order valence-electron chi connectivity index (χ4n) is 2.59. The zero-order chi connectivity index (χ0) is 13.2. The van der Waals surface area contributed by atoms with Crippen LogP contribution in [0, 0.1) is 5.82 Å². The van der Waals surface area contributed by atoms with Crippen molar-refractivity contribution in [3.05, 3.63) is 65.5 Å². The molecule has 0 aliphatic carbocycles. The molecule has 0 saturated heterocycles. The first-order valence-corrected chi connectivity index (χ1v) is 6.46. The highest BCUT2D eigenvalue weighted by Crippen LogP contribution is 2.40. The summed E-state index contributed by atoms with van der Waals surface area (Å²) in [4.78, 5) is 0. The average Bonchev–Trinajstić information content (AvgIpc) is 2.47. The Morgan fingerprint density at radius 2 is 1.95 bits per heavy atom. The fraction of sp³-hybridized carbons (Fsp3) is 0.250. The lowest BCUT2D eigenvalue weighted by molar-refractivity contribution is 0.153. The highest BCUT2D eigenvalue weighted by molar-refractivity contribution is 5.39. The molecule has 3 heteroatoms. The van der Waals surface area contributed by atoms with Gasteiger partial charge in [0.25, 0.3) is 0 Å². The van der Waals surface area contributed by atoms with E-state index in [2.05, 4.69) is 17.4 Å². The fourth-order valence-corrected chi connectivity index (χ4v) is 2.59. The maximum Gasteiger partial charge on any atom is 0.126 e. The van der Waals surface area contributed by atoms with Gasteiger partial charge in [0.1, 0.15) is 17.7 Å². The molecular formula is C16H16FNO. The van der Waals surface area contributed by atoms with Crippen molar-refractivity contribution in [2.45, 2.75) is 18.6 Å². The second-order valence-corrected chi connectivity index (χ2v) is 4.78. The van der Waals surface area contributed by atoms with E-state index in [-0.39, 0.29) is 18.0 Å². The molecule has 2 unspecified atom stereocenters. The summed E-state index contributed by atoms with van der Waals surface area (Å²) in [6.45, 7) is 0. The Hall–Kier alpha value is -1.87. The molecule has 0 saturated carbocycles. The molecule has 3 rings (SSSR count). The number of hydrogen-bond acceptors (Lipinski definition) is 2. The standard InChI is InChI=1S/C16H16FNO/c1-18-14-10-16(11-5-3-2-4-6-11)19-15-8-7-12(17)9-13(14)15/h2-9,14,16,18H,10H2,1H3. The van der Waals surface area contributed by atoms with Gasteiger partial charge >= 0.3 is 0 Å². The van der Waals surface area contributed by atoms with Gasteiger partial charge in [0.05, 0.1) is 0 Å². The van der Waals surface area contributed by atoms with Crippen molar-refractivity contribution in [1.29, 1.82) is 0 Å². The summed E-state index contributed by atoms with van der Waals surface area (Å²) in [5.74, 6) is 0.543. The smallest absolute Gasteiger partial charge is 0.126 e. The molecule has 0 spiro atoms. The summed E-state index contributed by atoms with van der Waals surface area (Å²) in [6, 6.07) is 15.0. The van der Waals surface area contributed by atoms with Gasteiger partial charge in [-0.2, -0.15) is 0 Å². The molecule has 19 heavy (non-hydrogen) atoms. The van der Waals surface area contributed by atoms with Crippen LogP contribution in [-0.2, 0) is 0 Å². The summed E-state index contributed by atoms with van der Waals surface area (Å²) in [6.07, 6.45) is 0.813. The van der Waals surface area contributed by atoms with E-state index in [9.17, 15) is 4.39 Å². The highest BCUT2D eigenvalue weighted by Gasteiger charge is 2.28. The molecule has 0 fully saturated rings. The zero-order valence-corrected chi connectivity index (χ0v) is 10.8. The Morgan fingerprint density at radius 3 is 2.68 bits per heavy atom. The van der Waals surface area contributed by atoms with Gasteiger partial charge in [-0.05, 0) is 30.8 Å². The Labute approximate surface area is 112 Å². The van der Waals surface area contributed by atoms with Crippen LogP contribution in [-0.4, -0.2) is 7.05 Å². The van der Waals surface area contributed by atoms with Gasteiger partial charge in [0, 0.05) is 18.0 Å². The first-order valence-electron chi connectivity index (χ1n) is 6.46. The summed E-state index contributed by atoms with van der Waals surface area (Å²) in [5.41, 5.74) is 2.05. The van der Waals surface area contributed by atoms with Gasteiger partial charge in [0.15, 0.2) is 0 Å². The van der Waals surface area contributed by atoms with E-state index >= 15 is 0 Å². The number of fused-ring (bicyclic) bond motifs is 1. The van der Waals surface area contributed by atoms with Crippen LogP contribution < -0.4 is 10.1 Å². The third-order valence-electron chi connectivity index (χ3n) is 3.59. The minimum atomic E-state index is -0.222. The lowest BCUT2D eigenvalue weighted by Gasteiger charge is -2.32. The Morgan fingerprint density at radius 1 is 1.16 bits per heavy atom. The Kier molecular flexibility index (Phi) is 3.22. The molecule has 98 valence electrons. The molecule has 1 aliphatic rings. The first-order chi connectivity index (χ1) is 9.28. The Bertz CT molecular complexity index is 570. The van der Waals surface area contributed by atoms with Crippen LogP contribution in [0.3, 0.4) is 0 Å². The maximum atomic E-state index is 13.3. The minimum Gasteiger partial charge on any atom is -0.485 e. The van der Waals surface area contributed by atoms with Crippen LogP contribution in [0.25, 0.3) is 0 Å². The lowest BCUT2D eigenvalue weighted by atomic mass is 9.93. The second kappa shape index (κ2) is 5.02. The number of halogens is 1. The van der Waals surface area contributed by atoms with E-state index in [1.54, 1.807) is 12.1 Å². The molecule has 1 aliphatic heterocycles. The molecule has 2 aromatic carbocycles. The van der Waals surface area contributed by atoms with Crippen LogP contribution in [0.1, 0.15) is 29.7 Å². The molecule has 1 heterocycles. The number of hydrogen-bond donors (Lipinski definition) is 1. The topological polar surface area (TPSA) is 21.3 Å². The van der Waals surface area contributed by atoms with Gasteiger partial charge < -0.3 is 10.1 Å². The SMILES string of the molecule is CNC1CC(c2ccccc2)Oc2ccc(F)cc21. The van der Waals surface area contributed by atoms with Crippen molar-refractivity contribution in [2.75, 3.05) is 7.05 Å². The minimum absolute atomic E-state index is 0.0108. The molecule has 0 radical (unpaired) electrons. The van der Waals surface area contributed by atoms with Crippen molar-refractivity contribution in [2.24, 2.45) is 0 Å². The normalized spacial score (nSPS) is 21.6. The van der Waals surface area contributed by atoms with Crippen LogP contribution >= 0.6 is 0 Å². The van der Waals surface area contributed by atoms with Gasteiger partial charge in [-0.25, -0.2) is 4.39 Å². The van der Waals surface area contributed by atoms with Crippen molar-refractivity contribution < 1.29 is 9.13 Å². The Balaban J connectivity index is 1.96. The van der Waals surface area contributed by atoms with E-state index in [1.807, 2.05) is 25.2 Å². The van der Waals surface area contributed by atoms with E-state index in [1.165, 1.54) is 6.07 Å². The average molecular weight is 257 g/mol. The maximum absolute atomic E-state index is 13.3. The van der Waals surface area contributed by atoms with Crippen molar-refractivity contribution in [3.63, 3.8) is 0 Å². The summed E-state index contributed by atoms with van der Waals surface area (Å²) in [7, 11) is 1.90. The van der Waals surface area contributed by atoms with Crippen molar-refractivity contribution in [1.82, 2.24) is 5.32 Å². The van der Waals surface area contributed by atoms with Crippen LogP contribution in [0.2, 0.25) is 0 Å². The number of rotatable bonds is 2. The quantitative estimate of drug-likeness (QED) is 0.887. The second-order valence-electron chi connectivity index (χ2n) is 4.78. The largest absolute Gasteiger partial charge is 0.485 e. The van der Waals surface area contributed by atoms with Gasteiger partial charge in [-0.1, -0.05) is 30.3 Å². The van der Waals surface area contributed by atoms with Gasteiger partial charge in [-0.3, -0.25) is 0 Å². The molecule has 1 N–H and O–H groups in total. The number of benzene rings is 2. The monoisotopic (exact) mass is 257 g/mol. The molecular weight excluding hydrogens is 241 g/mol. The van der Waals surface area contributed by atoms with Crippen LogP contribution in [0.5, 0.6) is 5.75 Å². The zero-order valence-electron chi connectivity index (χ0n) is 10.8. The molecule has 2 atom stereocenters. The predicted molar refractivity (Wildman–Crippen MR) is 72.6 cm³/mol. The highest BCUT2D eigenvalue weighted by atomic mass is 19.1. The van der Waals surface area contributed by atoms with Crippen molar-refractivity contribution >= 4 is 0 Å². The van der Waals surface area contributed by atoms with E-state index in [0.29, 0.717) is 0 Å². The summed E-state index contributed by atoms with van der Waals surface area (Å²) >= 11 is 0. The molecule has 2 aromatic rings. The third kappa shape index (κ3) is 2.34. The molecule has 0 bridgehead atoms. The molecule has 2 nitrogen and oxygen atoms in total. The third-order valence-corrected chi connectivity index (χ3v) is 3.59. The summed E-state index contributed by atoms with van der Waals surface area (Å²) < 4.78 is 19.3. The number of ether oxygens (including phenoxy) is 1. The van der Waals surface area contributed by atoms with Crippen LogP contribution in [0.4, 0.5) is 4.39 Å². The van der Waals surface area contributed by atoms with Gasteiger partial charge in [-0.15, -0.1) is 0 Å². The first kappa shape index (κ1) is 12.2. The molecule has 0 aromatic heterocycles. The van der Waals surface area contributed by atoms with E-state index in [4.69, 9.17) is 4.74 Å². The predicted octanol–water partition coefficient (Wildman–Crippen LogP) is 3.61. The summed E-state index contributed by atoms with van der Waals surface area (Å²) in [5, 5.41) is 3.24. The van der Waals surface area contributed by atoms with Crippen molar-refractivity contribution in [3.8, 4) is 5.75 Å². The lowest BCUT2D eigenvalue weighted by Crippen LogP contribution is -2.26. The molecule has 0 amide bonds.